The van der Waals surface area contributed by atoms with Crippen molar-refractivity contribution in [2.24, 2.45) is 0 Å². The molecule has 1 amide bonds. The zero-order valence-electron chi connectivity index (χ0n) is 15.0. The molecule has 1 heterocycles. The molecule has 3 rings (SSSR count). The average molecular weight is 390 g/mol. The van der Waals surface area contributed by atoms with Crippen LogP contribution < -0.4 is 14.8 Å². The molecule has 0 aliphatic carbocycles. The van der Waals surface area contributed by atoms with Crippen LogP contribution in [0.3, 0.4) is 0 Å². The molecule has 2 aromatic rings. The molecule has 0 saturated carbocycles. The fourth-order valence-electron chi connectivity index (χ4n) is 2.81. The number of thioether (sulfide) groups is 2. The highest BCUT2D eigenvalue weighted by atomic mass is 32.2. The van der Waals surface area contributed by atoms with Crippen LogP contribution >= 0.6 is 23.5 Å². The van der Waals surface area contributed by atoms with Crippen LogP contribution in [0.2, 0.25) is 0 Å². The Morgan fingerprint density at radius 3 is 2.42 bits per heavy atom. The largest absolute Gasteiger partial charge is 0.497 e. The SMILES string of the molecule is COc1cc(CCC(=O)Nc2cccc(C3SCCS3)c2)cc(OC)c1. The van der Waals surface area contributed by atoms with E-state index in [2.05, 4.69) is 17.4 Å². The number of rotatable bonds is 7. The van der Waals surface area contributed by atoms with E-state index in [-0.39, 0.29) is 5.91 Å². The third-order valence-corrected chi connectivity index (χ3v) is 7.22. The molecule has 1 saturated heterocycles. The highest BCUT2D eigenvalue weighted by Crippen LogP contribution is 2.45. The smallest absolute Gasteiger partial charge is 0.224 e. The van der Waals surface area contributed by atoms with Crippen molar-refractivity contribution in [2.75, 3.05) is 31.0 Å². The van der Waals surface area contributed by atoms with Crippen molar-refractivity contribution >= 4 is 35.1 Å². The second-order valence-corrected chi connectivity index (χ2v) is 8.69. The van der Waals surface area contributed by atoms with Gasteiger partial charge >= 0.3 is 0 Å². The quantitative estimate of drug-likeness (QED) is 0.740. The van der Waals surface area contributed by atoms with Gasteiger partial charge in [0.15, 0.2) is 0 Å². The summed E-state index contributed by atoms with van der Waals surface area (Å²) in [5.74, 6) is 3.86. The Kier molecular flexibility index (Phi) is 6.74. The first-order valence-corrected chi connectivity index (χ1v) is 10.6. The lowest BCUT2D eigenvalue weighted by Gasteiger charge is -2.12. The van der Waals surface area contributed by atoms with Crippen LogP contribution in [0.5, 0.6) is 11.5 Å². The molecule has 1 N–H and O–H groups in total. The number of hydrogen-bond donors (Lipinski definition) is 1. The second-order valence-electron chi connectivity index (χ2n) is 5.97. The Labute approximate surface area is 163 Å². The summed E-state index contributed by atoms with van der Waals surface area (Å²) in [6.45, 7) is 0. The van der Waals surface area contributed by atoms with Gasteiger partial charge in [0, 0.05) is 29.7 Å². The summed E-state index contributed by atoms with van der Waals surface area (Å²) >= 11 is 3.93. The number of methoxy groups -OCH3 is 2. The number of nitrogens with one attached hydrogen (secondary N) is 1. The molecule has 2 aromatic carbocycles. The number of carbonyl (C=O) groups excluding carboxylic acids is 1. The average Bonchev–Trinajstić information content (AvgIpc) is 3.21. The Morgan fingerprint density at radius 2 is 1.77 bits per heavy atom. The van der Waals surface area contributed by atoms with Gasteiger partial charge in [-0.15, -0.1) is 23.5 Å². The number of carbonyl (C=O) groups is 1. The number of hydrogen-bond acceptors (Lipinski definition) is 5. The molecule has 0 bridgehead atoms. The third kappa shape index (κ3) is 5.11. The van der Waals surface area contributed by atoms with Gasteiger partial charge in [0.05, 0.1) is 18.8 Å². The van der Waals surface area contributed by atoms with Crippen molar-refractivity contribution in [2.45, 2.75) is 17.4 Å². The number of amides is 1. The summed E-state index contributed by atoms with van der Waals surface area (Å²) in [6.07, 6.45) is 1.04. The van der Waals surface area contributed by atoms with Gasteiger partial charge in [-0.25, -0.2) is 0 Å². The molecule has 0 atom stereocenters. The van der Waals surface area contributed by atoms with E-state index in [4.69, 9.17) is 9.47 Å². The van der Waals surface area contributed by atoms with Gasteiger partial charge < -0.3 is 14.8 Å². The van der Waals surface area contributed by atoms with E-state index in [1.165, 1.54) is 17.1 Å². The van der Waals surface area contributed by atoms with Crippen LogP contribution in [-0.4, -0.2) is 31.6 Å². The highest BCUT2D eigenvalue weighted by molar-refractivity contribution is 8.19. The van der Waals surface area contributed by atoms with Gasteiger partial charge in [-0.3, -0.25) is 4.79 Å². The minimum absolute atomic E-state index is 0.00987. The van der Waals surface area contributed by atoms with Gasteiger partial charge in [-0.1, -0.05) is 12.1 Å². The standard InChI is InChI=1S/C20H23NO3S2/c1-23-17-10-14(11-18(13-17)24-2)6-7-19(22)21-16-5-3-4-15(12-16)20-25-8-9-26-20/h3-5,10-13,20H,6-9H2,1-2H3,(H,21,22). The van der Waals surface area contributed by atoms with Crippen molar-refractivity contribution in [3.8, 4) is 11.5 Å². The Hall–Kier alpha value is -1.79. The molecule has 0 aromatic heterocycles. The molecule has 0 radical (unpaired) electrons. The topological polar surface area (TPSA) is 47.6 Å². The van der Waals surface area contributed by atoms with Gasteiger partial charge in [-0.05, 0) is 41.8 Å². The molecule has 1 fully saturated rings. The van der Waals surface area contributed by atoms with Gasteiger partial charge in [0.2, 0.25) is 5.91 Å². The first-order valence-electron chi connectivity index (χ1n) is 8.53. The van der Waals surface area contributed by atoms with Gasteiger partial charge in [0.25, 0.3) is 0 Å². The zero-order valence-corrected chi connectivity index (χ0v) is 16.6. The summed E-state index contributed by atoms with van der Waals surface area (Å²) in [4.78, 5) is 12.3. The van der Waals surface area contributed by atoms with Crippen LogP contribution in [0.1, 0.15) is 22.1 Å². The normalized spacial score (nSPS) is 14.2. The Morgan fingerprint density at radius 1 is 1.08 bits per heavy atom. The zero-order chi connectivity index (χ0) is 18.4. The number of anilines is 1. The molecular formula is C20H23NO3S2. The summed E-state index contributed by atoms with van der Waals surface area (Å²) in [6, 6.07) is 13.9. The first-order chi connectivity index (χ1) is 12.7. The van der Waals surface area contributed by atoms with Crippen LogP contribution in [0.25, 0.3) is 0 Å². The van der Waals surface area contributed by atoms with Gasteiger partial charge in [0.1, 0.15) is 11.5 Å². The van der Waals surface area contributed by atoms with E-state index in [0.717, 1.165) is 22.7 Å². The van der Waals surface area contributed by atoms with Gasteiger partial charge in [-0.2, -0.15) is 0 Å². The lowest BCUT2D eigenvalue weighted by Crippen LogP contribution is -2.12. The molecule has 26 heavy (non-hydrogen) atoms. The predicted octanol–water partition coefficient (Wildman–Crippen LogP) is 4.75. The predicted molar refractivity (Wildman–Crippen MR) is 111 cm³/mol. The summed E-state index contributed by atoms with van der Waals surface area (Å²) < 4.78 is 11.0. The van der Waals surface area contributed by atoms with E-state index in [1.54, 1.807) is 14.2 Å². The maximum Gasteiger partial charge on any atom is 0.224 e. The van der Waals surface area contributed by atoms with E-state index in [1.807, 2.05) is 53.9 Å². The molecule has 6 heteroatoms. The molecular weight excluding hydrogens is 366 g/mol. The monoisotopic (exact) mass is 389 g/mol. The van der Waals surface area contributed by atoms with Crippen LogP contribution in [0.4, 0.5) is 5.69 Å². The highest BCUT2D eigenvalue weighted by Gasteiger charge is 2.18. The van der Waals surface area contributed by atoms with Crippen molar-refractivity contribution < 1.29 is 14.3 Å². The minimum atomic E-state index is 0.00987. The van der Waals surface area contributed by atoms with Crippen molar-refractivity contribution in [1.82, 2.24) is 0 Å². The Bertz CT molecular complexity index is 738. The molecule has 138 valence electrons. The van der Waals surface area contributed by atoms with Crippen LogP contribution in [0.15, 0.2) is 42.5 Å². The lowest BCUT2D eigenvalue weighted by molar-refractivity contribution is -0.116. The molecule has 4 nitrogen and oxygen atoms in total. The lowest BCUT2D eigenvalue weighted by atomic mass is 10.1. The van der Waals surface area contributed by atoms with Crippen molar-refractivity contribution in [3.63, 3.8) is 0 Å². The second kappa shape index (κ2) is 9.24. The maximum absolute atomic E-state index is 12.3. The van der Waals surface area contributed by atoms with E-state index in [9.17, 15) is 4.79 Å². The van der Waals surface area contributed by atoms with E-state index < -0.39 is 0 Å². The van der Waals surface area contributed by atoms with Crippen molar-refractivity contribution in [1.29, 1.82) is 0 Å². The number of ether oxygens (including phenoxy) is 2. The van der Waals surface area contributed by atoms with E-state index in [0.29, 0.717) is 17.4 Å². The number of aryl methyl sites for hydroxylation is 1. The third-order valence-electron chi connectivity index (χ3n) is 4.12. The molecule has 0 spiro atoms. The first kappa shape index (κ1) is 19.0. The van der Waals surface area contributed by atoms with Crippen LogP contribution in [0, 0.1) is 0 Å². The molecule has 0 unspecified atom stereocenters. The molecule has 1 aliphatic heterocycles. The maximum atomic E-state index is 12.3. The fraction of sp³-hybridized carbons (Fsp3) is 0.350. The summed E-state index contributed by atoms with van der Waals surface area (Å²) in [5.41, 5.74) is 3.15. The summed E-state index contributed by atoms with van der Waals surface area (Å²) in [5, 5.41) is 3.01. The van der Waals surface area contributed by atoms with Crippen molar-refractivity contribution in [3.05, 3.63) is 53.6 Å². The molecule has 1 aliphatic rings. The minimum Gasteiger partial charge on any atom is -0.497 e. The van der Waals surface area contributed by atoms with E-state index >= 15 is 0 Å². The summed E-state index contributed by atoms with van der Waals surface area (Å²) in [7, 11) is 3.25. The number of benzene rings is 2. The Balaban J connectivity index is 1.58. The fourth-order valence-corrected chi connectivity index (χ4v) is 5.64. The van der Waals surface area contributed by atoms with Crippen LogP contribution in [-0.2, 0) is 11.2 Å².